The molecule has 2 rings (SSSR count). The van der Waals surface area contributed by atoms with Crippen molar-refractivity contribution in [1.29, 1.82) is 0 Å². The van der Waals surface area contributed by atoms with Gasteiger partial charge in [0, 0.05) is 6.20 Å². The molecular weight excluding hydrogens is 231 g/mol. The quantitative estimate of drug-likeness (QED) is 0.882. The van der Waals surface area contributed by atoms with Gasteiger partial charge in [-0.05, 0) is 37.9 Å². The summed E-state index contributed by atoms with van der Waals surface area (Å²) in [6.45, 7) is 2.59. The first kappa shape index (κ1) is 11.6. The van der Waals surface area contributed by atoms with Gasteiger partial charge >= 0.3 is 0 Å². The van der Waals surface area contributed by atoms with Crippen LogP contribution in [0.25, 0.3) is 0 Å². The summed E-state index contributed by atoms with van der Waals surface area (Å²) in [5.74, 6) is 0.169. The monoisotopic (exact) mass is 244 g/mol. The molecule has 2 heterocycles. The standard InChI is InChI=1S/C11H14ClFN2O/c12-9-5-10(13)11(15-7-9)16-4-2-8-1-3-14-6-8/h5,7-8,14H,1-4,6H2. The topological polar surface area (TPSA) is 34.1 Å². The van der Waals surface area contributed by atoms with Crippen molar-refractivity contribution in [2.45, 2.75) is 12.8 Å². The van der Waals surface area contributed by atoms with E-state index in [0.29, 0.717) is 12.5 Å². The first-order valence-electron chi connectivity index (χ1n) is 5.40. The molecule has 1 atom stereocenters. The molecule has 0 aliphatic carbocycles. The number of ether oxygens (including phenoxy) is 1. The fourth-order valence-corrected chi connectivity index (χ4v) is 1.94. The molecule has 0 aromatic carbocycles. The Balaban J connectivity index is 1.80. The first-order valence-corrected chi connectivity index (χ1v) is 5.78. The van der Waals surface area contributed by atoms with Gasteiger partial charge in [-0.2, -0.15) is 0 Å². The lowest BCUT2D eigenvalue weighted by atomic mass is 10.1. The van der Waals surface area contributed by atoms with Gasteiger partial charge in [0.2, 0.25) is 5.88 Å². The zero-order valence-electron chi connectivity index (χ0n) is 8.88. The van der Waals surface area contributed by atoms with E-state index in [1.807, 2.05) is 0 Å². The maximum absolute atomic E-state index is 13.3. The zero-order valence-corrected chi connectivity index (χ0v) is 9.63. The lowest BCUT2D eigenvalue weighted by Gasteiger charge is -2.09. The van der Waals surface area contributed by atoms with Crippen LogP contribution >= 0.6 is 11.6 Å². The summed E-state index contributed by atoms with van der Waals surface area (Å²) in [6, 6.07) is 1.21. The largest absolute Gasteiger partial charge is 0.476 e. The van der Waals surface area contributed by atoms with Crippen molar-refractivity contribution in [3.05, 3.63) is 23.1 Å². The van der Waals surface area contributed by atoms with Gasteiger partial charge in [-0.3, -0.25) is 0 Å². The average Bonchev–Trinajstić information content (AvgIpc) is 2.74. The number of nitrogens with zero attached hydrogens (tertiary/aromatic N) is 1. The van der Waals surface area contributed by atoms with Crippen molar-refractivity contribution >= 4 is 11.6 Å². The normalized spacial score (nSPS) is 20.0. The van der Waals surface area contributed by atoms with Crippen LogP contribution in [0.2, 0.25) is 5.02 Å². The molecule has 0 saturated carbocycles. The molecule has 1 aliphatic rings. The van der Waals surface area contributed by atoms with Gasteiger partial charge in [0.1, 0.15) is 0 Å². The number of hydrogen-bond acceptors (Lipinski definition) is 3. The van der Waals surface area contributed by atoms with E-state index in [-0.39, 0.29) is 10.9 Å². The lowest BCUT2D eigenvalue weighted by molar-refractivity contribution is 0.261. The maximum atomic E-state index is 13.3. The van der Waals surface area contributed by atoms with Crippen LogP contribution in [0.4, 0.5) is 4.39 Å². The summed E-state index contributed by atoms with van der Waals surface area (Å²) in [4.78, 5) is 3.80. The third kappa shape index (κ3) is 3.06. The van der Waals surface area contributed by atoms with Gasteiger partial charge in [0.25, 0.3) is 0 Å². The highest BCUT2D eigenvalue weighted by Gasteiger charge is 2.14. The van der Waals surface area contributed by atoms with E-state index in [0.717, 1.165) is 19.5 Å². The molecule has 0 radical (unpaired) electrons. The third-order valence-electron chi connectivity index (χ3n) is 2.70. The fourth-order valence-electron chi connectivity index (χ4n) is 1.79. The number of aromatic nitrogens is 1. The molecule has 1 aromatic heterocycles. The van der Waals surface area contributed by atoms with Crippen molar-refractivity contribution < 1.29 is 9.13 Å². The van der Waals surface area contributed by atoms with Crippen LogP contribution in [0.15, 0.2) is 12.3 Å². The van der Waals surface area contributed by atoms with Crippen LogP contribution < -0.4 is 10.1 Å². The lowest BCUT2D eigenvalue weighted by Crippen LogP contribution is -2.12. The molecule has 0 bridgehead atoms. The van der Waals surface area contributed by atoms with Crippen molar-refractivity contribution in [1.82, 2.24) is 10.3 Å². The smallest absolute Gasteiger partial charge is 0.250 e. The molecule has 3 nitrogen and oxygen atoms in total. The molecule has 16 heavy (non-hydrogen) atoms. The van der Waals surface area contributed by atoms with Gasteiger partial charge in [0.05, 0.1) is 11.6 Å². The number of pyridine rings is 1. The van der Waals surface area contributed by atoms with Gasteiger partial charge in [-0.1, -0.05) is 11.6 Å². The van der Waals surface area contributed by atoms with Crippen LogP contribution in [0.1, 0.15) is 12.8 Å². The van der Waals surface area contributed by atoms with Crippen molar-refractivity contribution in [3.63, 3.8) is 0 Å². The Labute approximate surface area is 99.0 Å². The molecule has 5 heteroatoms. The van der Waals surface area contributed by atoms with E-state index in [1.165, 1.54) is 18.7 Å². The molecule has 1 N–H and O–H groups in total. The summed E-state index contributed by atoms with van der Waals surface area (Å²) in [5, 5.41) is 3.56. The maximum Gasteiger partial charge on any atom is 0.250 e. The van der Waals surface area contributed by atoms with Crippen LogP contribution in [0.5, 0.6) is 5.88 Å². The Morgan fingerprint density at radius 3 is 3.19 bits per heavy atom. The molecule has 0 amide bonds. The van der Waals surface area contributed by atoms with Crippen molar-refractivity contribution in [3.8, 4) is 5.88 Å². The summed E-state index contributed by atoms with van der Waals surface area (Å²) in [5.41, 5.74) is 0. The highest BCUT2D eigenvalue weighted by Crippen LogP contribution is 2.19. The Kier molecular flexibility index (Phi) is 3.96. The molecule has 88 valence electrons. The third-order valence-corrected chi connectivity index (χ3v) is 2.91. The number of hydrogen-bond donors (Lipinski definition) is 1. The Bertz CT molecular complexity index is 356. The first-order chi connectivity index (χ1) is 7.75. The molecule has 1 unspecified atom stereocenters. The van der Waals surface area contributed by atoms with Crippen LogP contribution in [-0.2, 0) is 0 Å². The average molecular weight is 245 g/mol. The minimum absolute atomic E-state index is 0.0374. The Morgan fingerprint density at radius 1 is 1.62 bits per heavy atom. The highest BCUT2D eigenvalue weighted by molar-refractivity contribution is 6.30. The second-order valence-corrected chi connectivity index (χ2v) is 4.37. The van der Waals surface area contributed by atoms with Gasteiger partial charge in [-0.15, -0.1) is 0 Å². The van der Waals surface area contributed by atoms with Gasteiger partial charge < -0.3 is 10.1 Å². The van der Waals surface area contributed by atoms with Crippen molar-refractivity contribution in [2.75, 3.05) is 19.7 Å². The Morgan fingerprint density at radius 2 is 2.50 bits per heavy atom. The van der Waals surface area contributed by atoms with Crippen LogP contribution in [0, 0.1) is 11.7 Å². The summed E-state index contributed by atoms with van der Waals surface area (Å²) < 4.78 is 18.5. The number of rotatable bonds is 4. The van der Waals surface area contributed by atoms with E-state index in [1.54, 1.807) is 0 Å². The van der Waals surface area contributed by atoms with E-state index in [9.17, 15) is 4.39 Å². The molecular formula is C11H14ClFN2O. The van der Waals surface area contributed by atoms with Gasteiger partial charge in [0.15, 0.2) is 5.82 Å². The highest BCUT2D eigenvalue weighted by atomic mass is 35.5. The number of nitrogens with one attached hydrogen (secondary N) is 1. The number of halogens is 2. The predicted octanol–water partition coefficient (Wildman–Crippen LogP) is 2.25. The van der Waals surface area contributed by atoms with E-state index < -0.39 is 5.82 Å². The van der Waals surface area contributed by atoms with E-state index >= 15 is 0 Å². The fraction of sp³-hybridized carbons (Fsp3) is 0.545. The molecule has 0 spiro atoms. The SMILES string of the molecule is Fc1cc(Cl)cnc1OCCC1CCNC1. The molecule has 1 fully saturated rings. The summed E-state index contributed by atoms with van der Waals surface area (Å²) in [6.07, 6.45) is 3.48. The molecule has 1 aromatic rings. The summed E-state index contributed by atoms with van der Waals surface area (Å²) >= 11 is 5.59. The predicted molar refractivity (Wildman–Crippen MR) is 60.3 cm³/mol. The summed E-state index contributed by atoms with van der Waals surface area (Å²) in [7, 11) is 0. The minimum atomic E-state index is -0.503. The minimum Gasteiger partial charge on any atom is -0.476 e. The Hall–Kier alpha value is -0.870. The van der Waals surface area contributed by atoms with Crippen LogP contribution in [-0.4, -0.2) is 24.7 Å². The zero-order chi connectivity index (χ0) is 11.4. The van der Waals surface area contributed by atoms with E-state index in [2.05, 4.69) is 10.3 Å². The second kappa shape index (κ2) is 5.46. The molecule has 1 saturated heterocycles. The molecule has 1 aliphatic heterocycles. The van der Waals surface area contributed by atoms with Crippen molar-refractivity contribution in [2.24, 2.45) is 5.92 Å². The van der Waals surface area contributed by atoms with Gasteiger partial charge in [-0.25, -0.2) is 9.37 Å². The van der Waals surface area contributed by atoms with E-state index in [4.69, 9.17) is 16.3 Å². The van der Waals surface area contributed by atoms with Crippen LogP contribution in [0.3, 0.4) is 0 Å². The second-order valence-electron chi connectivity index (χ2n) is 3.94.